The number of hydrogen-bond donors (Lipinski definition) is 1. The molecule has 0 bridgehead atoms. The molecule has 0 fully saturated rings. The van der Waals surface area contributed by atoms with Crippen LogP contribution in [0.2, 0.25) is 0 Å². The van der Waals surface area contributed by atoms with Crippen molar-refractivity contribution < 1.29 is 28.5 Å². The van der Waals surface area contributed by atoms with Crippen molar-refractivity contribution in [2.75, 3.05) is 27.4 Å². The van der Waals surface area contributed by atoms with Crippen LogP contribution in [-0.2, 0) is 20.9 Å². The Balaban J connectivity index is 1.74. The van der Waals surface area contributed by atoms with Crippen molar-refractivity contribution in [2.24, 2.45) is 0 Å². The molecule has 0 aliphatic carbocycles. The summed E-state index contributed by atoms with van der Waals surface area (Å²) in [5, 5.41) is 2.69. The van der Waals surface area contributed by atoms with Gasteiger partial charge in [-0.25, -0.2) is 4.79 Å². The minimum absolute atomic E-state index is 0.260. The number of amides is 1. The summed E-state index contributed by atoms with van der Waals surface area (Å²) >= 11 is 0. The maximum atomic E-state index is 11.9. The lowest BCUT2D eigenvalue weighted by molar-refractivity contribution is -0.150. The Morgan fingerprint density at radius 2 is 1.70 bits per heavy atom. The molecule has 7 heteroatoms. The predicted molar refractivity (Wildman–Crippen MR) is 113 cm³/mol. The highest BCUT2D eigenvalue weighted by molar-refractivity contribution is 5.80. The maximum absolute atomic E-state index is 11.9. The van der Waals surface area contributed by atoms with Crippen LogP contribution in [0.25, 0.3) is 0 Å². The minimum Gasteiger partial charge on any atom is -0.493 e. The Hall–Kier alpha value is -3.22. The van der Waals surface area contributed by atoms with Crippen molar-refractivity contribution >= 4 is 11.9 Å². The second kappa shape index (κ2) is 11.1. The first-order valence-electron chi connectivity index (χ1n) is 9.70. The van der Waals surface area contributed by atoms with E-state index in [-0.39, 0.29) is 19.8 Å². The van der Waals surface area contributed by atoms with Crippen molar-refractivity contribution in [1.29, 1.82) is 0 Å². The zero-order chi connectivity index (χ0) is 22.1. The third kappa shape index (κ3) is 6.69. The molecule has 0 saturated carbocycles. The van der Waals surface area contributed by atoms with E-state index in [2.05, 4.69) is 19.2 Å². The van der Waals surface area contributed by atoms with Gasteiger partial charge in [-0.1, -0.05) is 26.0 Å². The van der Waals surface area contributed by atoms with Gasteiger partial charge in [-0.3, -0.25) is 4.79 Å². The molecule has 7 nitrogen and oxygen atoms in total. The molecule has 0 atom stereocenters. The Labute approximate surface area is 177 Å². The van der Waals surface area contributed by atoms with E-state index < -0.39 is 11.9 Å². The number of benzene rings is 2. The number of carbonyl (C=O) groups is 2. The van der Waals surface area contributed by atoms with Crippen molar-refractivity contribution in [3.05, 3.63) is 53.1 Å². The summed E-state index contributed by atoms with van der Waals surface area (Å²) in [5.41, 5.74) is 3.16. The van der Waals surface area contributed by atoms with E-state index in [0.29, 0.717) is 23.2 Å². The predicted octanol–water partition coefficient (Wildman–Crippen LogP) is 3.37. The lowest BCUT2D eigenvalue weighted by Gasteiger charge is -2.12. The average molecular weight is 415 g/mol. The van der Waals surface area contributed by atoms with Gasteiger partial charge in [0.25, 0.3) is 5.91 Å². The summed E-state index contributed by atoms with van der Waals surface area (Å²) in [5.74, 6) is 1.17. The number of carbonyl (C=O) groups excluding carboxylic acids is 2. The first-order chi connectivity index (χ1) is 14.3. The first kappa shape index (κ1) is 23.1. The average Bonchev–Trinajstić information content (AvgIpc) is 2.74. The molecule has 0 aliphatic heterocycles. The van der Waals surface area contributed by atoms with Crippen LogP contribution in [0.3, 0.4) is 0 Å². The number of aryl methyl sites for hydroxylation is 1. The first-order valence-corrected chi connectivity index (χ1v) is 9.70. The molecule has 1 amide bonds. The highest BCUT2D eigenvalue weighted by atomic mass is 16.6. The summed E-state index contributed by atoms with van der Waals surface area (Å²) in [6.07, 6.45) is 0. The summed E-state index contributed by atoms with van der Waals surface area (Å²) in [4.78, 5) is 23.8. The molecule has 0 aliphatic rings. The van der Waals surface area contributed by atoms with Crippen molar-refractivity contribution in [2.45, 2.75) is 33.2 Å². The standard InChI is InChI=1S/C23H29NO6/c1-15(2)19-8-7-18(10-16(19)3)29-14-23(26)30-13-22(25)24-12-17-6-9-20(27-4)21(11-17)28-5/h6-11,15H,12-14H2,1-5H3,(H,24,25). The van der Waals surface area contributed by atoms with Gasteiger partial charge < -0.3 is 24.3 Å². The smallest absolute Gasteiger partial charge is 0.344 e. The van der Waals surface area contributed by atoms with Gasteiger partial charge in [-0.05, 0) is 53.8 Å². The molecule has 0 radical (unpaired) electrons. The third-order valence-corrected chi connectivity index (χ3v) is 4.52. The van der Waals surface area contributed by atoms with Crippen LogP contribution in [0.4, 0.5) is 0 Å². The van der Waals surface area contributed by atoms with Gasteiger partial charge in [0.15, 0.2) is 24.7 Å². The number of esters is 1. The summed E-state index contributed by atoms with van der Waals surface area (Å²) in [7, 11) is 3.10. The van der Waals surface area contributed by atoms with Gasteiger partial charge in [0.2, 0.25) is 0 Å². The SMILES string of the molecule is COc1ccc(CNC(=O)COC(=O)COc2ccc(C(C)C)c(C)c2)cc1OC. The van der Waals surface area contributed by atoms with E-state index in [1.165, 1.54) is 5.56 Å². The topological polar surface area (TPSA) is 83.1 Å². The Morgan fingerprint density at radius 1 is 0.967 bits per heavy atom. The van der Waals surface area contributed by atoms with Crippen LogP contribution in [0.1, 0.15) is 36.5 Å². The fourth-order valence-electron chi connectivity index (χ4n) is 2.96. The molecule has 2 rings (SSSR count). The van der Waals surface area contributed by atoms with E-state index >= 15 is 0 Å². The van der Waals surface area contributed by atoms with Gasteiger partial charge in [0.1, 0.15) is 5.75 Å². The van der Waals surface area contributed by atoms with E-state index in [1.807, 2.05) is 31.2 Å². The minimum atomic E-state index is -0.609. The zero-order valence-electron chi connectivity index (χ0n) is 18.1. The van der Waals surface area contributed by atoms with E-state index in [1.54, 1.807) is 26.4 Å². The monoisotopic (exact) mass is 415 g/mol. The molecule has 2 aromatic rings. The number of nitrogens with one attached hydrogen (secondary N) is 1. The fraction of sp³-hybridized carbons (Fsp3) is 0.391. The summed E-state index contributed by atoms with van der Waals surface area (Å²) in [6.45, 7) is 5.88. The van der Waals surface area contributed by atoms with Gasteiger partial charge in [-0.15, -0.1) is 0 Å². The maximum Gasteiger partial charge on any atom is 0.344 e. The van der Waals surface area contributed by atoms with Gasteiger partial charge in [0, 0.05) is 6.54 Å². The molecule has 0 unspecified atom stereocenters. The molecule has 0 aromatic heterocycles. The van der Waals surface area contributed by atoms with Crippen molar-refractivity contribution in [1.82, 2.24) is 5.32 Å². The van der Waals surface area contributed by atoms with E-state index in [4.69, 9.17) is 18.9 Å². The number of ether oxygens (including phenoxy) is 4. The van der Waals surface area contributed by atoms with Crippen LogP contribution in [0, 0.1) is 6.92 Å². The Bertz CT molecular complexity index is 878. The second-order valence-corrected chi connectivity index (χ2v) is 7.09. The molecule has 0 saturated heterocycles. The van der Waals surface area contributed by atoms with Crippen LogP contribution >= 0.6 is 0 Å². The van der Waals surface area contributed by atoms with Crippen LogP contribution in [0.15, 0.2) is 36.4 Å². The van der Waals surface area contributed by atoms with Crippen LogP contribution < -0.4 is 19.5 Å². The quantitative estimate of drug-likeness (QED) is 0.599. The number of methoxy groups -OCH3 is 2. The number of hydrogen-bond acceptors (Lipinski definition) is 6. The fourth-order valence-corrected chi connectivity index (χ4v) is 2.96. The summed E-state index contributed by atoms with van der Waals surface area (Å²) in [6, 6.07) is 11.0. The van der Waals surface area contributed by atoms with E-state index in [0.717, 1.165) is 11.1 Å². The Kier molecular flexibility index (Phi) is 8.53. The largest absolute Gasteiger partial charge is 0.493 e. The van der Waals surface area contributed by atoms with Crippen molar-refractivity contribution in [3.8, 4) is 17.2 Å². The molecule has 0 heterocycles. The molecule has 30 heavy (non-hydrogen) atoms. The molecular weight excluding hydrogens is 386 g/mol. The molecule has 0 spiro atoms. The zero-order valence-corrected chi connectivity index (χ0v) is 18.1. The second-order valence-electron chi connectivity index (χ2n) is 7.09. The normalized spacial score (nSPS) is 10.5. The van der Waals surface area contributed by atoms with Gasteiger partial charge in [-0.2, -0.15) is 0 Å². The number of rotatable bonds is 10. The highest BCUT2D eigenvalue weighted by Crippen LogP contribution is 2.27. The lowest BCUT2D eigenvalue weighted by atomic mass is 9.98. The third-order valence-electron chi connectivity index (χ3n) is 4.52. The summed E-state index contributed by atoms with van der Waals surface area (Å²) < 4.78 is 20.8. The highest BCUT2D eigenvalue weighted by Gasteiger charge is 2.11. The van der Waals surface area contributed by atoms with Gasteiger partial charge >= 0.3 is 5.97 Å². The van der Waals surface area contributed by atoms with Gasteiger partial charge in [0.05, 0.1) is 14.2 Å². The molecular formula is C23H29NO6. The van der Waals surface area contributed by atoms with E-state index in [9.17, 15) is 9.59 Å². The molecule has 162 valence electrons. The van der Waals surface area contributed by atoms with Crippen molar-refractivity contribution in [3.63, 3.8) is 0 Å². The van der Waals surface area contributed by atoms with Crippen LogP contribution in [0.5, 0.6) is 17.2 Å². The molecule has 2 aromatic carbocycles. The Morgan fingerprint density at radius 3 is 2.33 bits per heavy atom. The lowest BCUT2D eigenvalue weighted by Crippen LogP contribution is -2.29. The van der Waals surface area contributed by atoms with Crippen LogP contribution in [-0.4, -0.2) is 39.3 Å². The molecule has 1 N–H and O–H groups in total.